The maximum absolute atomic E-state index is 14.0. The van der Waals surface area contributed by atoms with Crippen molar-refractivity contribution in [3.05, 3.63) is 150 Å². The Kier molecular flexibility index (Phi) is 10.6. The first-order valence-electron chi connectivity index (χ1n) is 16.2. The van der Waals surface area contributed by atoms with Gasteiger partial charge in [0, 0.05) is 24.7 Å². The minimum absolute atomic E-state index is 0.0831. The monoisotopic (exact) mass is 629 g/mol. The molecule has 1 aliphatic rings. The number of rotatable bonds is 10. The summed E-state index contributed by atoms with van der Waals surface area (Å²) >= 11 is 0. The summed E-state index contributed by atoms with van der Waals surface area (Å²) in [6.45, 7) is 5.99. The van der Waals surface area contributed by atoms with Crippen molar-refractivity contribution in [3.63, 3.8) is 0 Å². The molecule has 1 atom stereocenters. The van der Waals surface area contributed by atoms with Crippen LogP contribution in [0.15, 0.2) is 127 Å². The molecule has 0 spiro atoms. The van der Waals surface area contributed by atoms with E-state index in [1.165, 1.54) is 6.08 Å². The van der Waals surface area contributed by atoms with E-state index in [0.717, 1.165) is 40.8 Å². The highest BCUT2D eigenvalue weighted by Crippen LogP contribution is 2.37. The molecule has 47 heavy (non-hydrogen) atoms. The van der Waals surface area contributed by atoms with Crippen LogP contribution in [0.3, 0.4) is 0 Å². The number of fused-ring (bicyclic) bond motifs is 1. The maximum Gasteiger partial charge on any atom is 0.408 e. The number of benzene rings is 4. The summed E-state index contributed by atoms with van der Waals surface area (Å²) in [6.07, 6.45) is 4.68. The molecule has 0 saturated carbocycles. The molecule has 7 nitrogen and oxygen atoms in total. The number of hydrogen-bond donors (Lipinski definition) is 2. The third-order valence-corrected chi connectivity index (χ3v) is 8.18. The predicted octanol–water partition coefficient (Wildman–Crippen LogP) is 7.30. The first-order chi connectivity index (χ1) is 22.7. The van der Waals surface area contributed by atoms with Crippen molar-refractivity contribution in [2.75, 3.05) is 11.4 Å². The quantitative estimate of drug-likeness (QED) is 0.142. The number of carbonyl (C=O) groups excluding carboxylic acids is 3. The Morgan fingerprint density at radius 3 is 1.87 bits per heavy atom. The van der Waals surface area contributed by atoms with Crippen LogP contribution in [0.5, 0.6) is 0 Å². The molecular formula is C40H43N3O4. The lowest BCUT2D eigenvalue weighted by molar-refractivity contribution is -0.122. The van der Waals surface area contributed by atoms with Crippen LogP contribution in [-0.4, -0.2) is 36.1 Å². The molecule has 7 heteroatoms. The fourth-order valence-electron chi connectivity index (χ4n) is 6.07. The zero-order valence-corrected chi connectivity index (χ0v) is 27.3. The molecule has 242 valence electrons. The molecule has 1 heterocycles. The number of para-hydroxylation sites is 1. The molecule has 3 amide bonds. The van der Waals surface area contributed by atoms with Gasteiger partial charge in [0.05, 0.1) is 6.04 Å². The first kappa shape index (κ1) is 33.2. The van der Waals surface area contributed by atoms with Gasteiger partial charge in [-0.3, -0.25) is 9.59 Å². The van der Waals surface area contributed by atoms with Crippen molar-refractivity contribution < 1.29 is 19.1 Å². The minimum Gasteiger partial charge on any atom is -0.444 e. The summed E-state index contributed by atoms with van der Waals surface area (Å²) in [5.74, 6) is -0.379. The molecular weight excluding hydrogens is 586 g/mol. The number of nitrogens with one attached hydrogen (secondary N) is 2. The van der Waals surface area contributed by atoms with Crippen molar-refractivity contribution >= 4 is 23.6 Å². The molecule has 1 aliphatic heterocycles. The smallest absolute Gasteiger partial charge is 0.408 e. The van der Waals surface area contributed by atoms with Gasteiger partial charge >= 0.3 is 6.09 Å². The van der Waals surface area contributed by atoms with Crippen LogP contribution in [0.1, 0.15) is 62.3 Å². The normalized spacial score (nSPS) is 13.8. The van der Waals surface area contributed by atoms with Gasteiger partial charge in [0.15, 0.2) is 0 Å². The third-order valence-electron chi connectivity index (χ3n) is 8.18. The summed E-state index contributed by atoms with van der Waals surface area (Å²) in [5, 5.41) is 6.24. The predicted molar refractivity (Wildman–Crippen MR) is 186 cm³/mol. The van der Waals surface area contributed by atoms with E-state index in [9.17, 15) is 14.4 Å². The van der Waals surface area contributed by atoms with E-state index in [1.54, 1.807) is 31.7 Å². The lowest BCUT2D eigenvalue weighted by atomic mass is 9.77. The maximum atomic E-state index is 14.0. The summed E-state index contributed by atoms with van der Waals surface area (Å²) < 4.78 is 5.52. The van der Waals surface area contributed by atoms with Gasteiger partial charge in [-0.1, -0.05) is 115 Å². The molecule has 4 aromatic rings. The summed E-state index contributed by atoms with van der Waals surface area (Å²) in [7, 11) is 0. The number of aryl methyl sites for hydroxylation is 1. The van der Waals surface area contributed by atoms with Crippen LogP contribution >= 0.6 is 0 Å². The molecule has 5 rings (SSSR count). The van der Waals surface area contributed by atoms with Crippen molar-refractivity contribution in [2.45, 2.75) is 63.6 Å². The number of amides is 3. The Hall–Kier alpha value is -5.17. The molecule has 0 fully saturated rings. The molecule has 0 aliphatic carbocycles. The van der Waals surface area contributed by atoms with E-state index in [2.05, 4.69) is 10.6 Å². The van der Waals surface area contributed by atoms with Gasteiger partial charge in [-0.2, -0.15) is 0 Å². The number of anilines is 1. The highest BCUT2D eigenvalue weighted by Gasteiger charge is 2.37. The van der Waals surface area contributed by atoms with Gasteiger partial charge in [0.2, 0.25) is 5.91 Å². The first-order valence-corrected chi connectivity index (χ1v) is 16.2. The zero-order chi connectivity index (χ0) is 33.3. The summed E-state index contributed by atoms with van der Waals surface area (Å²) in [4.78, 5) is 42.0. The fraction of sp³-hybridized carbons (Fsp3) is 0.275. The van der Waals surface area contributed by atoms with Gasteiger partial charge in [-0.15, -0.1) is 0 Å². The molecule has 2 N–H and O–H groups in total. The largest absolute Gasteiger partial charge is 0.444 e. The van der Waals surface area contributed by atoms with E-state index < -0.39 is 23.3 Å². The molecule has 0 unspecified atom stereocenters. The van der Waals surface area contributed by atoms with Gasteiger partial charge < -0.3 is 20.3 Å². The van der Waals surface area contributed by atoms with Crippen LogP contribution in [-0.2, 0) is 26.3 Å². The van der Waals surface area contributed by atoms with E-state index in [1.807, 2.05) is 115 Å². The SMILES string of the molecule is CC(C)(C)OC(=O)N[C@H](/C=C/C(=O)N1CCCc2ccccc21)CCC(=O)NC(c1ccccc1)(c1ccccc1)c1ccccc1. The minimum atomic E-state index is -0.956. The number of ether oxygens (including phenoxy) is 1. The topological polar surface area (TPSA) is 87.7 Å². The van der Waals surface area contributed by atoms with Crippen LogP contribution in [0.4, 0.5) is 10.5 Å². The van der Waals surface area contributed by atoms with Gasteiger partial charge in [0.25, 0.3) is 5.91 Å². The molecule has 0 aromatic heterocycles. The molecule has 4 aromatic carbocycles. The average molecular weight is 630 g/mol. The fourth-order valence-corrected chi connectivity index (χ4v) is 6.07. The highest BCUT2D eigenvalue weighted by molar-refractivity contribution is 6.02. The van der Waals surface area contributed by atoms with Crippen LogP contribution in [0.2, 0.25) is 0 Å². The number of carbonyl (C=O) groups is 3. The van der Waals surface area contributed by atoms with E-state index in [4.69, 9.17) is 4.74 Å². The number of hydrogen-bond acceptors (Lipinski definition) is 4. The average Bonchev–Trinajstić information content (AvgIpc) is 3.08. The Labute approximate surface area is 277 Å². The standard InChI is InChI=1S/C40H43N3O4/c1-39(2,3)47-38(46)41-34(26-28-37(45)43-29-15-17-30-16-13-14-24-35(30)43)25-27-36(44)42-40(31-18-7-4-8-19-31,32-20-9-5-10-21-32)33-22-11-6-12-23-33/h4-14,16,18-24,26,28,34H,15,17,25,27,29H2,1-3H3,(H,41,46)(H,42,44)/b28-26+/t34-/m0/s1. The second-order valence-electron chi connectivity index (χ2n) is 12.8. The van der Waals surface area contributed by atoms with E-state index >= 15 is 0 Å². The Balaban J connectivity index is 1.39. The second-order valence-corrected chi connectivity index (χ2v) is 12.8. The lowest BCUT2D eigenvalue weighted by Crippen LogP contribution is -2.48. The van der Waals surface area contributed by atoms with E-state index in [-0.39, 0.29) is 24.7 Å². The van der Waals surface area contributed by atoms with Crippen molar-refractivity contribution in [2.24, 2.45) is 0 Å². The van der Waals surface area contributed by atoms with Crippen molar-refractivity contribution in [1.82, 2.24) is 10.6 Å². The Morgan fingerprint density at radius 2 is 1.32 bits per heavy atom. The van der Waals surface area contributed by atoms with Crippen LogP contribution in [0, 0.1) is 0 Å². The summed E-state index contributed by atoms with van der Waals surface area (Å²) in [6, 6.07) is 37.0. The Morgan fingerprint density at radius 1 is 0.787 bits per heavy atom. The highest BCUT2D eigenvalue weighted by atomic mass is 16.6. The van der Waals surface area contributed by atoms with E-state index in [0.29, 0.717) is 6.54 Å². The second kappa shape index (κ2) is 14.9. The number of nitrogens with zero attached hydrogens (tertiary/aromatic N) is 1. The van der Waals surface area contributed by atoms with Crippen LogP contribution < -0.4 is 15.5 Å². The van der Waals surface area contributed by atoms with Crippen LogP contribution in [0.25, 0.3) is 0 Å². The Bertz CT molecular complexity index is 1580. The van der Waals surface area contributed by atoms with Gasteiger partial charge in [-0.25, -0.2) is 4.79 Å². The van der Waals surface area contributed by atoms with Gasteiger partial charge in [-0.05, 0) is 68.4 Å². The number of alkyl carbamates (subject to hydrolysis) is 1. The van der Waals surface area contributed by atoms with Crippen molar-refractivity contribution in [1.29, 1.82) is 0 Å². The summed E-state index contributed by atoms with van der Waals surface area (Å²) in [5.41, 5.74) is 3.14. The third kappa shape index (κ3) is 8.36. The molecule has 0 radical (unpaired) electrons. The molecule has 0 saturated heterocycles. The molecule has 0 bridgehead atoms. The van der Waals surface area contributed by atoms with Crippen molar-refractivity contribution in [3.8, 4) is 0 Å². The lowest BCUT2D eigenvalue weighted by Gasteiger charge is -2.37. The zero-order valence-electron chi connectivity index (χ0n) is 27.3. The van der Waals surface area contributed by atoms with Gasteiger partial charge in [0.1, 0.15) is 11.1 Å².